The monoisotopic (exact) mass is 188 g/mol. The molecule has 0 amide bonds. The Bertz CT molecular complexity index is 332. The van der Waals surface area contributed by atoms with Gasteiger partial charge in [-0.1, -0.05) is 24.2 Å². The molecule has 64 valence electrons. The van der Waals surface area contributed by atoms with Gasteiger partial charge in [0.05, 0.1) is 0 Å². The molecule has 12 heavy (non-hydrogen) atoms. The van der Waals surface area contributed by atoms with E-state index in [1.807, 2.05) is 0 Å². The topological polar surface area (TPSA) is 0 Å². The third-order valence-corrected chi connectivity index (χ3v) is 1.84. The molecule has 0 fully saturated rings. The number of benzene rings is 1. The number of halogens is 3. The van der Waals surface area contributed by atoms with Crippen molar-refractivity contribution < 1.29 is 8.78 Å². The highest BCUT2D eigenvalue weighted by Crippen LogP contribution is 2.23. The van der Waals surface area contributed by atoms with Crippen LogP contribution in [0.25, 0.3) is 5.03 Å². The van der Waals surface area contributed by atoms with Gasteiger partial charge in [-0.3, -0.25) is 0 Å². The highest BCUT2D eigenvalue weighted by atomic mass is 35.5. The molecule has 0 aliphatic heterocycles. The second-order valence-corrected chi connectivity index (χ2v) is 2.90. The van der Waals surface area contributed by atoms with E-state index in [0.29, 0.717) is 5.56 Å². The SMILES string of the molecule is C=C(Cl)c1ccc(F)c(F)c1C. The highest BCUT2D eigenvalue weighted by molar-refractivity contribution is 6.48. The average Bonchev–Trinajstić information content (AvgIpc) is 2.00. The van der Waals surface area contributed by atoms with Crippen LogP contribution >= 0.6 is 11.6 Å². The molecule has 0 radical (unpaired) electrons. The lowest BCUT2D eigenvalue weighted by Crippen LogP contribution is -1.92. The van der Waals surface area contributed by atoms with Crippen molar-refractivity contribution in [1.29, 1.82) is 0 Å². The van der Waals surface area contributed by atoms with Crippen LogP contribution < -0.4 is 0 Å². The molecule has 3 heteroatoms. The lowest BCUT2D eigenvalue weighted by Gasteiger charge is -2.04. The van der Waals surface area contributed by atoms with Crippen LogP contribution in [0, 0.1) is 18.6 Å². The normalized spacial score (nSPS) is 10.0. The fraction of sp³-hybridized carbons (Fsp3) is 0.111. The molecule has 0 N–H and O–H groups in total. The van der Waals surface area contributed by atoms with Crippen LogP contribution in [0.5, 0.6) is 0 Å². The smallest absolute Gasteiger partial charge is 0.162 e. The van der Waals surface area contributed by atoms with E-state index >= 15 is 0 Å². The summed E-state index contributed by atoms with van der Waals surface area (Å²) in [6.45, 7) is 4.89. The van der Waals surface area contributed by atoms with Gasteiger partial charge in [0.25, 0.3) is 0 Å². The summed E-state index contributed by atoms with van der Waals surface area (Å²) in [6.07, 6.45) is 0. The van der Waals surface area contributed by atoms with E-state index in [2.05, 4.69) is 6.58 Å². The zero-order chi connectivity index (χ0) is 9.30. The number of rotatable bonds is 1. The lowest BCUT2D eigenvalue weighted by molar-refractivity contribution is 0.503. The predicted molar refractivity (Wildman–Crippen MR) is 46.0 cm³/mol. The lowest BCUT2D eigenvalue weighted by atomic mass is 10.1. The van der Waals surface area contributed by atoms with Crippen LogP contribution in [0.2, 0.25) is 0 Å². The first kappa shape index (κ1) is 9.20. The molecule has 0 nitrogen and oxygen atoms in total. The third-order valence-electron chi connectivity index (χ3n) is 1.63. The predicted octanol–water partition coefficient (Wildman–Crippen LogP) is 3.48. The minimum atomic E-state index is -0.867. The molecule has 0 spiro atoms. The van der Waals surface area contributed by atoms with Crippen molar-refractivity contribution in [3.8, 4) is 0 Å². The average molecular weight is 189 g/mol. The molecule has 1 rings (SSSR count). The van der Waals surface area contributed by atoms with Crippen molar-refractivity contribution in [3.05, 3.63) is 41.5 Å². The van der Waals surface area contributed by atoms with Crippen molar-refractivity contribution in [3.63, 3.8) is 0 Å². The molecule has 0 bridgehead atoms. The van der Waals surface area contributed by atoms with Gasteiger partial charge in [-0.05, 0) is 24.1 Å². The zero-order valence-electron chi connectivity index (χ0n) is 6.50. The minimum absolute atomic E-state index is 0.190. The Labute approximate surface area is 74.5 Å². The van der Waals surface area contributed by atoms with E-state index in [4.69, 9.17) is 11.6 Å². The first-order valence-corrected chi connectivity index (χ1v) is 3.71. The van der Waals surface area contributed by atoms with Gasteiger partial charge in [-0.15, -0.1) is 0 Å². The zero-order valence-corrected chi connectivity index (χ0v) is 7.25. The summed E-state index contributed by atoms with van der Waals surface area (Å²) in [6, 6.07) is 2.44. The second-order valence-electron chi connectivity index (χ2n) is 2.44. The van der Waals surface area contributed by atoms with Gasteiger partial charge in [0, 0.05) is 5.03 Å². The Hall–Kier alpha value is -0.890. The summed E-state index contributed by atoms with van der Waals surface area (Å²) in [5, 5.41) is 0.214. The van der Waals surface area contributed by atoms with E-state index in [0.717, 1.165) is 6.07 Å². The molecule has 0 aliphatic rings. The molecule has 0 atom stereocenters. The summed E-state index contributed by atoms with van der Waals surface area (Å²) >= 11 is 5.55. The van der Waals surface area contributed by atoms with Gasteiger partial charge in [0.15, 0.2) is 11.6 Å². The first-order chi connectivity index (χ1) is 5.54. The maximum absolute atomic E-state index is 12.9. The number of hydrogen-bond acceptors (Lipinski definition) is 0. The Morgan fingerprint density at radius 2 is 2.00 bits per heavy atom. The fourth-order valence-corrected chi connectivity index (χ4v) is 1.15. The Balaban J connectivity index is 3.36. The first-order valence-electron chi connectivity index (χ1n) is 3.33. The summed E-state index contributed by atoms with van der Waals surface area (Å²) in [4.78, 5) is 0. The second kappa shape index (κ2) is 3.23. The number of hydrogen-bond donors (Lipinski definition) is 0. The molecule has 0 saturated carbocycles. The van der Waals surface area contributed by atoms with Crippen molar-refractivity contribution in [2.75, 3.05) is 0 Å². The molecule has 0 aromatic heterocycles. The Kier molecular flexibility index (Phi) is 2.48. The quantitative estimate of drug-likeness (QED) is 0.633. The van der Waals surface area contributed by atoms with Crippen LogP contribution in [0.4, 0.5) is 8.78 Å². The summed E-state index contributed by atoms with van der Waals surface area (Å²) in [7, 11) is 0. The van der Waals surface area contributed by atoms with E-state index in [1.165, 1.54) is 13.0 Å². The van der Waals surface area contributed by atoms with Gasteiger partial charge in [0.1, 0.15) is 0 Å². The Morgan fingerprint density at radius 1 is 1.42 bits per heavy atom. The van der Waals surface area contributed by atoms with Crippen molar-refractivity contribution >= 4 is 16.6 Å². The molecule has 0 aliphatic carbocycles. The van der Waals surface area contributed by atoms with Crippen LogP contribution in [0.15, 0.2) is 18.7 Å². The standard InChI is InChI=1S/C9H7ClF2/c1-5-7(6(2)10)3-4-8(11)9(5)12/h3-4H,2H2,1H3. The van der Waals surface area contributed by atoms with Gasteiger partial charge in [0.2, 0.25) is 0 Å². The largest absolute Gasteiger partial charge is 0.204 e. The van der Waals surface area contributed by atoms with E-state index in [-0.39, 0.29) is 10.6 Å². The maximum atomic E-state index is 12.9. The molecule has 0 saturated heterocycles. The van der Waals surface area contributed by atoms with E-state index in [1.54, 1.807) is 0 Å². The van der Waals surface area contributed by atoms with Crippen LogP contribution in [0.3, 0.4) is 0 Å². The van der Waals surface area contributed by atoms with Crippen LogP contribution in [-0.4, -0.2) is 0 Å². The molecule has 0 unspecified atom stereocenters. The third kappa shape index (κ3) is 1.48. The molecule has 0 heterocycles. The Morgan fingerprint density at radius 3 is 2.50 bits per heavy atom. The van der Waals surface area contributed by atoms with E-state index in [9.17, 15) is 8.78 Å². The van der Waals surface area contributed by atoms with Crippen molar-refractivity contribution in [2.24, 2.45) is 0 Å². The highest BCUT2D eigenvalue weighted by Gasteiger charge is 2.09. The summed E-state index contributed by atoms with van der Waals surface area (Å²) in [5.41, 5.74) is 0.630. The van der Waals surface area contributed by atoms with Gasteiger partial charge in [-0.25, -0.2) is 8.78 Å². The molecule has 1 aromatic carbocycles. The van der Waals surface area contributed by atoms with Crippen LogP contribution in [0.1, 0.15) is 11.1 Å². The fourth-order valence-electron chi connectivity index (χ4n) is 0.946. The van der Waals surface area contributed by atoms with Crippen molar-refractivity contribution in [1.82, 2.24) is 0 Å². The minimum Gasteiger partial charge on any atom is -0.204 e. The van der Waals surface area contributed by atoms with Gasteiger partial charge >= 0.3 is 0 Å². The van der Waals surface area contributed by atoms with Crippen molar-refractivity contribution in [2.45, 2.75) is 6.92 Å². The molecule has 1 aromatic rings. The summed E-state index contributed by atoms with van der Waals surface area (Å²) < 4.78 is 25.5. The molecular weight excluding hydrogens is 182 g/mol. The van der Waals surface area contributed by atoms with E-state index < -0.39 is 11.6 Å². The molecular formula is C9H7ClF2. The summed E-state index contributed by atoms with van der Waals surface area (Å²) in [5.74, 6) is -1.73. The maximum Gasteiger partial charge on any atom is 0.162 e. The van der Waals surface area contributed by atoms with Crippen LogP contribution in [-0.2, 0) is 0 Å². The van der Waals surface area contributed by atoms with Gasteiger partial charge < -0.3 is 0 Å². The van der Waals surface area contributed by atoms with Gasteiger partial charge in [-0.2, -0.15) is 0 Å².